The standard InChI is InChI=1S/C20H28N4O3S/c1-12(2)18(14-6-7-15-16(10-14)27-9-5-8-26-15)21-17(25)11-28-20-22-19(13(3)4)23-24-20/h6-7,10,12-13,18H,5,8-9,11H2,1-4H3,(H,21,25)(H,22,23,24)/t18-/m1/s1. The van der Waals surface area contributed by atoms with Gasteiger partial charge in [0.05, 0.1) is 25.0 Å². The van der Waals surface area contributed by atoms with Gasteiger partial charge >= 0.3 is 0 Å². The van der Waals surface area contributed by atoms with Crippen molar-refractivity contribution in [3.63, 3.8) is 0 Å². The van der Waals surface area contributed by atoms with Crippen LogP contribution in [0, 0.1) is 5.92 Å². The smallest absolute Gasteiger partial charge is 0.230 e. The quantitative estimate of drug-likeness (QED) is 0.684. The summed E-state index contributed by atoms with van der Waals surface area (Å²) in [4.78, 5) is 16.9. The number of aromatic nitrogens is 3. The van der Waals surface area contributed by atoms with Gasteiger partial charge in [-0.25, -0.2) is 4.98 Å². The molecule has 2 heterocycles. The average molecular weight is 405 g/mol. The summed E-state index contributed by atoms with van der Waals surface area (Å²) in [7, 11) is 0. The zero-order chi connectivity index (χ0) is 20.1. The number of hydrogen-bond acceptors (Lipinski definition) is 6. The Balaban J connectivity index is 1.63. The fourth-order valence-corrected chi connectivity index (χ4v) is 3.55. The topological polar surface area (TPSA) is 89.1 Å². The molecule has 1 atom stereocenters. The van der Waals surface area contributed by atoms with E-state index in [4.69, 9.17) is 9.47 Å². The molecule has 0 radical (unpaired) electrons. The lowest BCUT2D eigenvalue weighted by Gasteiger charge is -2.23. The molecule has 0 saturated heterocycles. The van der Waals surface area contributed by atoms with E-state index in [-0.39, 0.29) is 29.5 Å². The van der Waals surface area contributed by atoms with Crippen LogP contribution in [0.4, 0.5) is 0 Å². The van der Waals surface area contributed by atoms with Crippen LogP contribution in [0.1, 0.15) is 57.5 Å². The second kappa shape index (κ2) is 9.32. The van der Waals surface area contributed by atoms with Crippen molar-refractivity contribution < 1.29 is 14.3 Å². The third-order valence-electron chi connectivity index (χ3n) is 4.48. The molecule has 0 aliphatic carbocycles. The minimum atomic E-state index is -0.108. The number of thioether (sulfide) groups is 1. The molecule has 1 aliphatic heterocycles. The summed E-state index contributed by atoms with van der Waals surface area (Å²) >= 11 is 1.33. The first-order chi connectivity index (χ1) is 13.4. The SMILES string of the molecule is CC(C)c1nc(SCC(=O)N[C@@H](c2ccc3c(c2)OCCCO3)C(C)C)n[nH]1. The van der Waals surface area contributed by atoms with E-state index in [0.29, 0.717) is 18.4 Å². The van der Waals surface area contributed by atoms with Gasteiger partial charge < -0.3 is 14.8 Å². The van der Waals surface area contributed by atoms with Crippen LogP contribution in [0.2, 0.25) is 0 Å². The molecule has 8 heteroatoms. The highest BCUT2D eigenvalue weighted by Gasteiger charge is 2.21. The fraction of sp³-hybridized carbons (Fsp3) is 0.550. The van der Waals surface area contributed by atoms with E-state index in [1.54, 1.807) is 0 Å². The molecule has 3 rings (SSSR count). The monoisotopic (exact) mass is 404 g/mol. The number of nitrogens with zero attached hydrogens (tertiary/aromatic N) is 2. The first-order valence-corrected chi connectivity index (χ1v) is 10.7. The lowest BCUT2D eigenvalue weighted by molar-refractivity contribution is -0.119. The van der Waals surface area contributed by atoms with Crippen molar-refractivity contribution in [2.24, 2.45) is 5.92 Å². The molecule has 1 amide bonds. The molecule has 1 aromatic carbocycles. The van der Waals surface area contributed by atoms with E-state index in [2.05, 4.69) is 34.3 Å². The Hall–Kier alpha value is -2.22. The van der Waals surface area contributed by atoms with E-state index >= 15 is 0 Å². The highest BCUT2D eigenvalue weighted by molar-refractivity contribution is 7.99. The molecule has 7 nitrogen and oxygen atoms in total. The predicted molar refractivity (Wildman–Crippen MR) is 109 cm³/mol. The number of carbonyl (C=O) groups excluding carboxylic acids is 1. The maximum absolute atomic E-state index is 12.5. The predicted octanol–water partition coefficient (Wildman–Crippen LogP) is 3.70. The van der Waals surface area contributed by atoms with Gasteiger partial charge in [-0.2, -0.15) is 0 Å². The van der Waals surface area contributed by atoms with Crippen LogP contribution in [0.25, 0.3) is 0 Å². The molecule has 2 N–H and O–H groups in total. The van der Waals surface area contributed by atoms with E-state index in [0.717, 1.165) is 29.3 Å². The third kappa shape index (κ3) is 5.19. The number of fused-ring (bicyclic) bond motifs is 1. The Labute approximate surface area is 170 Å². The highest BCUT2D eigenvalue weighted by atomic mass is 32.2. The van der Waals surface area contributed by atoms with Gasteiger partial charge in [-0.05, 0) is 23.6 Å². The molecule has 1 aromatic heterocycles. The zero-order valence-electron chi connectivity index (χ0n) is 16.8. The van der Waals surface area contributed by atoms with Gasteiger partial charge in [-0.15, -0.1) is 5.10 Å². The summed E-state index contributed by atoms with van der Waals surface area (Å²) in [5.41, 5.74) is 1.01. The molecule has 0 unspecified atom stereocenters. The number of hydrogen-bond donors (Lipinski definition) is 2. The summed E-state index contributed by atoms with van der Waals surface area (Å²) in [6.07, 6.45) is 0.866. The first-order valence-electron chi connectivity index (χ1n) is 9.68. The molecule has 2 aromatic rings. The first kappa shape index (κ1) is 20.5. The molecule has 0 fully saturated rings. The molecular weight excluding hydrogens is 376 g/mol. The maximum Gasteiger partial charge on any atom is 0.230 e. The van der Waals surface area contributed by atoms with Crippen molar-refractivity contribution in [1.82, 2.24) is 20.5 Å². The number of rotatable bonds is 7. The average Bonchev–Trinajstić information content (AvgIpc) is 3.02. The van der Waals surface area contributed by atoms with Crippen molar-refractivity contribution in [3.8, 4) is 11.5 Å². The van der Waals surface area contributed by atoms with Crippen molar-refractivity contribution in [1.29, 1.82) is 0 Å². The minimum Gasteiger partial charge on any atom is -0.490 e. The van der Waals surface area contributed by atoms with Crippen molar-refractivity contribution >= 4 is 17.7 Å². The van der Waals surface area contributed by atoms with Gasteiger partial charge in [0.2, 0.25) is 11.1 Å². The van der Waals surface area contributed by atoms with E-state index in [1.807, 2.05) is 32.0 Å². The van der Waals surface area contributed by atoms with Crippen LogP contribution >= 0.6 is 11.8 Å². The molecule has 28 heavy (non-hydrogen) atoms. The Kier molecular flexibility index (Phi) is 6.83. The number of nitrogens with one attached hydrogen (secondary N) is 2. The molecular formula is C20H28N4O3S. The number of ether oxygens (including phenoxy) is 2. The van der Waals surface area contributed by atoms with Crippen LogP contribution in [0.15, 0.2) is 23.4 Å². The summed E-state index contributed by atoms with van der Waals surface area (Å²) < 4.78 is 11.5. The van der Waals surface area contributed by atoms with Gasteiger partial charge in [0.15, 0.2) is 11.5 Å². The number of aromatic amines is 1. The Bertz CT molecular complexity index is 806. The number of benzene rings is 1. The largest absolute Gasteiger partial charge is 0.490 e. The van der Waals surface area contributed by atoms with E-state index in [9.17, 15) is 4.79 Å². The van der Waals surface area contributed by atoms with Gasteiger partial charge in [-0.1, -0.05) is 45.5 Å². The van der Waals surface area contributed by atoms with Gasteiger partial charge in [0.1, 0.15) is 5.82 Å². The van der Waals surface area contributed by atoms with Crippen LogP contribution in [-0.4, -0.2) is 40.1 Å². The van der Waals surface area contributed by atoms with Crippen molar-refractivity contribution in [3.05, 3.63) is 29.6 Å². The molecule has 152 valence electrons. The zero-order valence-corrected chi connectivity index (χ0v) is 17.6. The number of H-pyrrole nitrogens is 1. The minimum absolute atomic E-state index is 0.0493. The second-order valence-electron chi connectivity index (χ2n) is 7.49. The molecule has 1 aliphatic rings. The van der Waals surface area contributed by atoms with Crippen LogP contribution in [-0.2, 0) is 4.79 Å². The van der Waals surface area contributed by atoms with Gasteiger partial charge in [0.25, 0.3) is 0 Å². The van der Waals surface area contributed by atoms with Crippen molar-refractivity contribution in [2.45, 2.75) is 51.2 Å². The number of carbonyl (C=O) groups is 1. The summed E-state index contributed by atoms with van der Waals surface area (Å²) in [5.74, 6) is 3.06. The summed E-state index contributed by atoms with van der Waals surface area (Å²) in [6, 6.07) is 5.79. The van der Waals surface area contributed by atoms with E-state index in [1.165, 1.54) is 11.8 Å². The molecule has 0 saturated carbocycles. The molecule has 0 bridgehead atoms. The maximum atomic E-state index is 12.5. The highest BCUT2D eigenvalue weighted by Crippen LogP contribution is 2.34. The van der Waals surface area contributed by atoms with Crippen LogP contribution < -0.4 is 14.8 Å². The number of amides is 1. The second-order valence-corrected chi connectivity index (χ2v) is 8.43. The van der Waals surface area contributed by atoms with Crippen LogP contribution in [0.3, 0.4) is 0 Å². The lowest BCUT2D eigenvalue weighted by atomic mass is 9.95. The lowest BCUT2D eigenvalue weighted by Crippen LogP contribution is -2.33. The van der Waals surface area contributed by atoms with Crippen molar-refractivity contribution in [2.75, 3.05) is 19.0 Å². The fourth-order valence-electron chi connectivity index (χ4n) is 2.93. The summed E-state index contributed by atoms with van der Waals surface area (Å²) in [5, 5.41) is 10.8. The Morgan fingerprint density at radius 2 is 1.96 bits per heavy atom. The Morgan fingerprint density at radius 1 is 1.21 bits per heavy atom. The van der Waals surface area contributed by atoms with Crippen LogP contribution in [0.5, 0.6) is 11.5 Å². The van der Waals surface area contributed by atoms with Gasteiger partial charge in [0, 0.05) is 12.3 Å². The summed E-state index contributed by atoms with van der Waals surface area (Å²) in [6.45, 7) is 9.57. The normalized spacial score (nSPS) is 14.8. The third-order valence-corrected chi connectivity index (χ3v) is 5.32. The molecule has 0 spiro atoms. The Morgan fingerprint density at radius 3 is 2.64 bits per heavy atom. The van der Waals surface area contributed by atoms with Gasteiger partial charge in [-0.3, -0.25) is 9.89 Å². The van der Waals surface area contributed by atoms with E-state index < -0.39 is 0 Å².